The molecule has 1 atom stereocenters. The Labute approximate surface area is 182 Å². The molecule has 1 unspecified atom stereocenters. The van der Waals surface area contributed by atoms with E-state index in [1.54, 1.807) is 12.4 Å². The minimum atomic E-state index is -0.521. The third kappa shape index (κ3) is 4.56. The highest BCUT2D eigenvalue weighted by Crippen LogP contribution is 2.39. The number of nitrogens with zero attached hydrogens (tertiary/aromatic N) is 3. The van der Waals surface area contributed by atoms with Gasteiger partial charge in [-0.05, 0) is 65.8 Å². The number of likely N-dealkylation sites (tertiary alicyclic amines) is 1. The number of β-amino-alcohol motifs (C(OH)–C–C–N with tert-alkyl or cyclic N) is 1. The first-order valence-corrected chi connectivity index (χ1v) is 11.1. The quantitative estimate of drug-likeness (QED) is 0.659. The van der Waals surface area contributed by atoms with E-state index in [4.69, 9.17) is 9.47 Å². The zero-order valence-corrected chi connectivity index (χ0v) is 17.7. The predicted octanol–water partition coefficient (Wildman–Crippen LogP) is 3.54. The maximum atomic E-state index is 10.6. The third-order valence-electron chi connectivity index (χ3n) is 6.71. The van der Waals surface area contributed by atoms with Crippen molar-refractivity contribution in [3.63, 3.8) is 0 Å². The Balaban J connectivity index is 1.26. The topological polar surface area (TPSA) is 67.7 Å². The predicted molar refractivity (Wildman–Crippen MR) is 120 cm³/mol. The van der Waals surface area contributed by atoms with E-state index in [1.165, 1.54) is 6.42 Å². The summed E-state index contributed by atoms with van der Waals surface area (Å²) in [6.07, 6.45) is 6.42. The van der Waals surface area contributed by atoms with Crippen LogP contribution >= 0.6 is 0 Å². The highest BCUT2D eigenvalue weighted by atomic mass is 16.5. The molecular formula is C25H29N3O3. The van der Waals surface area contributed by atoms with Crippen LogP contribution in [0.15, 0.2) is 54.9 Å². The fraction of sp³-hybridized carbons (Fsp3) is 0.440. The normalized spacial score (nSPS) is 19.6. The van der Waals surface area contributed by atoms with Gasteiger partial charge in [0.05, 0.1) is 12.4 Å². The molecule has 2 saturated heterocycles. The number of aromatic nitrogens is 2. The van der Waals surface area contributed by atoms with Crippen molar-refractivity contribution in [1.82, 2.24) is 15.1 Å². The first kappa shape index (κ1) is 20.4. The summed E-state index contributed by atoms with van der Waals surface area (Å²) in [4.78, 5) is 2.38. The SMILES string of the molecule is OC(COc1cc(-c2ccnnc2)c2ccccc2c1)CN1CCC2(CCOCC2)C1. The molecule has 6 heteroatoms. The van der Waals surface area contributed by atoms with Crippen molar-refractivity contribution in [1.29, 1.82) is 0 Å². The van der Waals surface area contributed by atoms with Crippen LogP contribution in [-0.4, -0.2) is 65.8 Å². The van der Waals surface area contributed by atoms with E-state index in [0.29, 0.717) is 12.0 Å². The molecule has 1 spiro atoms. The van der Waals surface area contributed by atoms with Crippen molar-refractivity contribution in [2.75, 3.05) is 39.5 Å². The molecular weight excluding hydrogens is 390 g/mol. The van der Waals surface area contributed by atoms with Gasteiger partial charge < -0.3 is 19.5 Å². The van der Waals surface area contributed by atoms with Gasteiger partial charge in [-0.1, -0.05) is 24.3 Å². The molecule has 2 fully saturated rings. The van der Waals surface area contributed by atoms with E-state index in [1.807, 2.05) is 30.3 Å². The molecule has 2 aliphatic rings. The number of rotatable bonds is 6. The number of fused-ring (bicyclic) bond motifs is 1. The minimum Gasteiger partial charge on any atom is -0.491 e. The Hall–Kier alpha value is -2.54. The molecule has 0 aliphatic carbocycles. The monoisotopic (exact) mass is 419 g/mol. The van der Waals surface area contributed by atoms with Crippen molar-refractivity contribution in [2.45, 2.75) is 25.4 Å². The lowest BCUT2D eigenvalue weighted by atomic mass is 9.80. The maximum absolute atomic E-state index is 10.6. The molecule has 0 bridgehead atoms. The molecule has 5 rings (SSSR count). The average molecular weight is 420 g/mol. The largest absolute Gasteiger partial charge is 0.491 e. The summed E-state index contributed by atoms with van der Waals surface area (Å²) < 4.78 is 11.6. The van der Waals surface area contributed by atoms with Crippen LogP contribution in [0.4, 0.5) is 0 Å². The first-order chi connectivity index (χ1) is 15.2. The Morgan fingerprint density at radius 3 is 2.81 bits per heavy atom. The summed E-state index contributed by atoms with van der Waals surface area (Å²) >= 11 is 0. The lowest BCUT2D eigenvalue weighted by Crippen LogP contribution is -2.37. The number of ether oxygens (including phenoxy) is 2. The molecule has 1 aromatic heterocycles. The lowest BCUT2D eigenvalue weighted by Gasteiger charge is -2.33. The van der Waals surface area contributed by atoms with Crippen LogP contribution in [-0.2, 0) is 4.74 Å². The molecule has 162 valence electrons. The summed E-state index contributed by atoms with van der Waals surface area (Å²) in [5.74, 6) is 0.756. The number of aliphatic hydroxyl groups is 1. The lowest BCUT2D eigenvalue weighted by molar-refractivity contribution is 0.0149. The van der Waals surface area contributed by atoms with Crippen LogP contribution in [0.5, 0.6) is 5.75 Å². The second-order valence-electron chi connectivity index (χ2n) is 8.89. The summed E-state index contributed by atoms with van der Waals surface area (Å²) in [6.45, 7) is 4.78. The van der Waals surface area contributed by atoms with Crippen LogP contribution in [0.3, 0.4) is 0 Å². The Morgan fingerprint density at radius 1 is 1.10 bits per heavy atom. The summed E-state index contributed by atoms with van der Waals surface area (Å²) in [5, 5.41) is 20.8. The standard InChI is InChI=1S/C25H29N3O3/c29-21(16-28-10-6-25(18-28)7-11-30-12-8-25)17-31-22-13-19-3-1-2-4-23(19)24(14-22)20-5-9-26-27-15-20/h1-5,9,13-15,21,29H,6-8,10-12,16-18H2. The molecule has 2 aromatic carbocycles. The Morgan fingerprint density at radius 2 is 1.97 bits per heavy atom. The van der Waals surface area contributed by atoms with Gasteiger partial charge in [0, 0.05) is 31.9 Å². The average Bonchev–Trinajstić information content (AvgIpc) is 3.19. The number of aliphatic hydroxyl groups excluding tert-OH is 1. The van der Waals surface area contributed by atoms with Gasteiger partial charge in [-0.3, -0.25) is 0 Å². The fourth-order valence-electron chi connectivity index (χ4n) is 4.99. The minimum absolute atomic E-state index is 0.277. The summed E-state index contributed by atoms with van der Waals surface area (Å²) in [6, 6.07) is 14.2. The molecule has 0 saturated carbocycles. The van der Waals surface area contributed by atoms with Crippen LogP contribution in [0.25, 0.3) is 21.9 Å². The number of hydrogen-bond acceptors (Lipinski definition) is 6. The zero-order valence-electron chi connectivity index (χ0n) is 17.7. The van der Waals surface area contributed by atoms with Crippen LogP contribution < -0.4 is 4.74 Å². The number of benzene rings is 2. The summed E-state index contributed by atoms with van der Waals surface area (Å²) in [5.41, 5.74) is 2.44. The summed E-state index contributed by atoms with van der Waals surface area (Å²) in [7, 11) is 0. The van der Waals surface area contributed by atoms with Gasteiger partial charge in [-0.15, -0.1) is 0 Å². The molecule has 0 amide bonds. The van der Waals surface area contributed by atoms with E-state index in [9.17, 15) is 5.11 Å². The van der Waals surface area contributed by atoms with Gasteiger partial charge >= 0.3 is 0 Å². The van der Waals surface area contributed by atoms with Crippen LogP contribution in [0.2, 0.25) is 0 Å². The fourth-order valence-corrected chi connectivity index (χ4v) is 4.99. The zero-order chi connectivity index (χ0) is 21.1. The molecule has 2 aliphatic heterocycles. The van der Waals surface area contributed by atoms with Crippen molar-refractivity contribution >= 4 is 10.8 Å². The highest BCUT2D eigenvalue weighted by molar-refractivity contribution is 5.97. The van der Waals surface area contributed by atoms with Crippen molar-refractivity contribution in [3.8, 4) is 16.9 Å². The van der Waals surface area contributed by atoms with E-state index in [0.717, 1.165) is 66.8 Å². The Kier molecular flexibility index (Phi) is 5.85. The van der Waals surface area contributed by atoms with Gasteiger partial charge in [0.2, 0.25) is 0 Å². The molecule has 3 aromatic rings. The second kappa shape index (κ2) is 8.91. The smallest absolute Gasteiger partial charge is 0.120 e. The maximum Gasteiger partial charge on any atom is 0.120 e. The second-order valence-corrected chi connectivity index (χ2v) is 8.89. The molecule has 31 heavy (non-hydrogen) atoms. The van der Waals surface area contributed by atoms with Crippen LogP contribution in [0.1, 0.15) is 19.3 Å². The molecule has 0 radical (unpaired) electrons. The van der Waals surface area contributed by atoms with Crippen molar-refractivity contribution in [3.05, 3.63) is 54.9 Å². The highest BCUT2D eigenvalue weighted by Gasteiger charge is 2.39. The van der Waals surface area contributed by atoms with E-state index >= 15 is 0 Å². The molecule has 6 nitrogen and oxygen atoms in total. The van der Waals surface area contributed by atoms with Gasteiger partial charge in [0.15, 0.2) is 0 Å². The number of hydrogen-bond donors (Lipinski definition) is 1. The van der Waals surface area contributed by atoms with Gasteiger partial charge in [0.25, 0.3) is 0 Å². The van der Waals surface area contributed by atoms with E-state index < -0.39 is 6.10 Å². The Bertz CT molecular complexity index is 1020. The molecule has 1 N–H and O–H groups in total. The third-order valence-corrected chi connectivity index (χ3v) is 6.71. The van der Waals surface area contributed by atoms with Crippen molar-refractivity contribution < 1.29 is 14.6 Å². The van der Waals surface area contributed by atoms with Gasteiger partial charge in [-0.2, -0.15) is 10.2 Å². The van der Waals surface area contributed by atoms with Crippen molar-refractivity contribution in [2.24, 2.45) is 5.41 Å². The van der Waals surface area contributed by atoms with E-state index in [-0.39, 0.29) is 6.61 Å². The van der Waals surface area contributed by atoms with Crippen LogP contribution in [0, 0.1) is 5.41 Å². The van der Waals surface area contributed by atoms with Gasteiger partial charge in [0.1, 0.15) is 18.5 Å². The van der Waals surface area contributed by atoms with Gasteiger partial charge in [-0.25, -0.2) is 0 Å². The van der Waals surface area contributed by atoms with E-state index in [2.05, 4.69) is 27.2 Å². The molecule has 3 heterocycles. The first-order valence-electron chi connectivity index (χ1n) is 11.1.